The van der Waals surface area contributed by atoms with E-state index in [9.17, 15) is 24.0 Å². The van der Waals surface area contributed by atoms with Crippen molar-refractivity contribution in [3.8, 4) is 0 Å². The number of para-hydroxylation sites is 1. The highest BCUT2D eigenvalue weighted by Gasteiger charge is 2.44. The van der Waals surface area contributed by atoms with Crippen molar-refractivity contribution in [3.05, 3.63) is 120 Å². The summed E-state index contributed by atoms with van der Waals surface area (Å²) in [5, 5.41) is 22.3. The van der Waals surface area contributed by atoms with Gasteiger partial charge in [0.1, 0.15) is 36.3 Å². The van der Waals surface area contributed by atoms with E-state index in [4.69, 9.17) is 16.2 Å². The normalized spacial score (nSPS) is 21.5. The number of unbranched alkanes of at least 4 members (excludes halogenated alkanes) is 1. The number of fused-ring (bicyclic) bond motifs is 3. The molecule has 79 heavy (non-hydrogen) atoms. The number of nitrogens with two attached hydrogens (primary N) is 2. The number of hydrogen-bond acceptors (Lipinski definition) is 10. The first-order valence-corrected chi connectivity index (χ1v) is 27.2. The van der Waals surface area contributed by atoms with Crippen LogP contribution >= 0.6 is 0 Å². The maximum atomic E-state index is 15.2. The molecule has 1 aromatic heterocycles. The predicted molar refractivity (Wildman–Crippen MR) is 299 cm³/mol. The average Bonchev–Trinajstić information content (AvgIpc) is 4.07. The lowest BCUT2D eigenvalue weighted by atomic mass is 9.97. The fourth-order valence-electron chi connectivity index (χ4n) is 10.1. The molecular formula is C58H74N12O9. The molecule has 21 nitrogen and oxygen atoms in total. The van der Waals surface area contributed by atoms with E-state index in [0.29, 0.717) is 36.8 Å². The van der Waals surface area contributed by atoms with E-state index < -0.39 is 96.2 Å². The minimum Gasteiger partial charge on any atom is -0.372 e. The summed E-state index contributed by atoms with van der Waals surface area (Å²) in [7, 11) is 0. The molecule has 5 aromatic rings. The standard InChI is InChI=1S/C58H74N12O9/c1-3-4-23-45(65-36(2)71)53(74)67-47-25-12-13-27-61-51(72)33-64-52(73)48(30-40-32-63-44-24-11-10-22-43(40)44)68-54(75)46(26-15-28-62-58(59)60)66-55(76)49(29-39-20-14-19-38-18-8-9-21-42(38)39)69-56(77)50-31-41(34-70(50)57(47)78)79-35-37-16-6-5-7-17-37/h5-11,14,16-22,24,32,41,45-50,63H,3-4,12-13,15,23,25-31,33-35H2,1-2H3,(H,61,72)(H,64,73)(H,65,71)(H,66,76)(H,67,74)(H,68,75)(H,69,77)(H4,59,60,62)/t41?,45-,46-,47-,48-,49+,50?/m0/s1. The summed E-state index contributed by atoms with van der Waals surface area (Å²) in [6.45, 7) is 3.21. The highest BCUT2D eigenvalue weighted by molar-refractivity contribution is 5.98. The number of ether oxygens (including phenoxy) is 1. The quantitative estimate of drug-likeness (QED) is 0.0366. The van der Waals surface area contributed by atoms with Crippen molar-refractivity contribution in [3.63, 3.8) is 0 Å². The van der Waals surface area contributed by atoms with Crippen molar-refractivity contribution in [1.82, 2.24) is 47.1 Å². The molecule has 420 valence electrons. The van der Waals surface area contributed by atoms with Crippen LogP contribution in [0.25, 0.3) is 21.7 Å². The molecule has 0 aliphatic carbocycles. The minimum absolute atomic E-state index is 0.00612. The second-order valence-electron chi connectivity index (χ2n) is 20.2. The van der Waals surface area contributed by atoms with Crippen LogP contribution in [0, 0.1) is 0 Å². The van der Waals surface area contributed by atoms with Gasteiger partial charge in [-0.05, 0) is 72.1 Å². The number of carbonyl (C=O) groups excluding carboxylic acids is 8. The first-order chi connectivity index (χ1) is 38.2. The first-order valence-electron chi connectivity index (χ1n) is 27.2. The number of aromatic nitrogens is 1. The van der Waals surface area contributed by atoms with Gasteiger partial charge >= 0.3 is 0 Å². The van der Waals surface area contributed by atoms with Gasteiger partial charge in [-0.2, -0.15) is 0 Å². The zero-order valence-corrected chi connectivity index (χ0v) is 44.9. The van der Waals surface area contributed by atoms with Gasteiger partial charge in [0.05, 0.1) is 19.3 Å². The number of rotatable bonds is 17. The number of amides is 8. The smallest absolute Gasteiger partial charge is 0.245 e. The highest BCUT2D eigenvalue weighted by Crippen LogP contribution is 2.26. The third kappa shape index (κ3) is 16.8. The Morgan fingerprint density at radius 2 is 1.44 bits per heavy atom. The Bertz CT molecular complexity index is 2960. The number of guanidine groups is 1. The van der Waals surface area contributed by atoms with Crippen LogP contribution in [-0.2, 0) is 62.5 Å². The second-order valence-corrected chi connectivity index (χ2v) is 20.2. The van der Waals surface area contributed by atoms with Crippen molar-refractivity contribution in [2.24, 2.45) is 16.5 Å². The van der Waals surface area contributed by atoms with Gasteiger partial charge < -0.3 is 63.3 Å². The number of nitrogens with zero attached hydrogens (tertiary/aromatic N) is 2. The maximum absolute atomic E-state index is 15.2. The molecule has 12 N–H and O–H groups in total. The first kappa shape index (κ1) is 58.4. The molecule has 8 amide bonds. The van der Waals surface area contributed by atoms with Crippen LogP contribution in [0.4, 0.5) is 0 Å². The summed E-state index contributed by atoms with van der Waals surface area (Å²) in [6.07, 6.45) is 3.71. The van der Waals surface area contributed by atoms with Gasteiger partial charge in [-0.1, -0.05) is 111 Å². The lowest BCUT2D eigenvalue weighted by molar-refractivity contribution is -0.143. The van der Waals surface area contributed by atoms with E-state index in [1.807, 2.05) is 104 Å². The van der Waals surface area contributed by atoms with Gasteiger partial charge in [-0.3, -0.25) is 43.3 Å². The molecule has 2 fully saturated rings. The summed E-state index contributed by atoms with van der Waals surface area (Å²) in [6, 6.07) is 22.9. The highest BCUT2D eigenvalue weighted by atomic mass is 16.5. The number of H-pyrrole nitrogens is 1. The molecule has 2 aliphatic rings. The van der Waals surface area contributed by atoms with Crippen molar-refractivity contribution in [2.45, 2.75) is 133 Å². The van der Waals surface area contributed by atoms with Crippen LogP contribution in [-0.4, -0.2) is 132 Å². The SMILES string of the molecule is CCCC[C@H](NC(C)=O)C(=O)N[C@H]1CCCCNC(=O)CNC(=O)[C@H](Cc2c[nH]c3ccccc23)NC(=O)[C@H](CCCN=C(N)N)NC(=O)[C@@H](Cc2cccc3ccccc23)NC(=O)C2CC(OCc3ccccc3)CN2C1=O. The number of aliphatic imine (C=N–C) groups is 1. The van der Waals surface area contributed by atoms with Gasteiger partial charge in [0, 0.05) is 62.9 Å². The Balaban J connectivity index is 1.26. The molecule has 4 aromatic carbocycles. The molecule has 2 saturated heterocycles. The zero-order chi connectivity index (χ0) is 56.3. The summed E-state index contributed by atoms with van der Waals surface area (Å²) in [5.74, 6) is -5.08. The van der Waals surface area contributed by atoms with E-state index in [1.54, 1.807) is 6.20 Å². The lowest BCUT2D eigenvalue weighted by Crippen LogP contribution is -2.60. The van der Waals surface area contributed by atoms with Gasteiger partial charge in [-0.15, -0.1) is 0 Å². The third-order valence-electron chi connectivity index (χ3n) is 14.2. The Morgan fingerprint density at radius 3 is 2.22 bits per heavy atom. The minimum atomic E-state index is -1.35. The van der Waals surface area contributed by atoms with Gasteiger partial charge in [-0.25, -0.2) is 0 Å². The number of benzene rings is 4. The Kier molecular flexibility index (Phi) is 21.3. The third-order valence-corrected chi connectivity index (χ3v) is 14.2. The molecule has 7 rings (SSSR count). The molecule has 21 heteroatoms. The molecule has 2 unspecified atom stereocenters. The Morgan fingerprint density at radius 1 is 0.759 bits per heavy atom. The number of carbonyl (C=O) groups is 8. The summed E-state index contributed by atoms with van der Waals surface area (Å²) >= 11 is 0. The van der Waals surface area contributed by atoms with E-state index >= 15 is 14.4 Å². The monoisotopic (exact) mass is 1080 g/mol. The fraction of sp³-hybridized carbons (Fsp3) is 0.431. The summed E-state index contributed by atoms with van der Waals surface area (Å²) < 4.78 is 6.39. The van der Waals surface area contributed by atoms with Gasteiger partial charge in [0.2, 0.25) is 47.3 Å². The van der Waals surface area contributed by atoms with Crippen LogP contribution < -0.4 is 48.7 Å². The molecule has 2 aliphatic heterocycles. The van der Waals surface area contributed by atoms with Crippen LogP contribution in [0.2, 0.25) is 0 Å². The van der Waals surface area contributed by atoms with Crippen molar-refractivity contribution in [2.75, 3.05) is 26.2 Å². The van der Waals surface area contributed by atoms with Gasteiger partial charge in [0.25, 0.3) is 0 Å². The van der Waals surface area contributed by atoms with Crippen LogP contribution in [0.15, 0.2) is 108 Å². The molecule has 3 heterocycles. The van der Waals surface area contributed by atoms with Gasteiger partial charge in [0.15, 0.2) is 5.96 Å². The molecule has 0 bridgehead atoms. The van der Waals surface area contributed by atoms with Crippen molar-refractivity contribution in [1.29, 1.82) is 0 Å². The van der Waals surface area contributed by atoms with E-state index in [1.165, 1.54) is 11.8 Å². The fourth-order valence-corrected chi connectivity index (χ4v) is 10.1. The largest absolute Gasteiger partial charge is 0.372 e. The van der Waals surface area contributed by atoms with Crippen molar-refractivity contribution < 1.29 is 43.1 Å². The molecule has 0 radical (unpaired) electrons. The summed E-state index contributed by atoms with van der Waals surface area (Å²) in [5.41, 5.74) is 14.4. The van der Waals surface area contributed by atoms with Crippen LogP contribution in [0.5, 0.6) is 0 Å². The lowest BCUT2D eigenvalue weighted by Gasteiger charge is -2.31. The molecule has 0 saturated carbocycles. The summed E-state index contributed by atoms with van der Waals surface area (Å²) in [4.78, 5) is 123. The maximum Gasteiger partial charge on any atom is 0.245 e. The van der Waals surface area contributed by atoms with E-state index in [2.05, 4.69) is 47.2 Å². The molecular weight excluding hydrogens is 1010 g/mol. The predicted octanol–water partition coefficient (Wildman–Crippen LogP) is 2.40. The Labute approximate surface area is 459 Å². The van der Waals surface area contributed by atoms with Crippen molar-refractivity contribution >= 4 is 74.9 Å². The Hall–Kier alpha value is -8.33. The topological polar surface area (TPSA) is 313 Å². The number of nitrogens with one attached hydrogen (secondary N) is 8. The number of aromatic amines is 1. The van der Waals surface area contributed by atoms with Crippen LogP contribution in [0.1, 0.15) is 88.3 Å². The zero-order valence-electron chi connectivity index (χ0n) is 44.9. The molecule has 0 spiro atoms. The average molecular weight is 1080 g/mol. The number of hydrogen-bond donors (Lipinski definition) is 10. The van der Waals surface area contributed by atoms with Crippen LogP contribution in [0.3, 0.4) is 0 Å². The second kappa shape index (κ2) is 28.9. The van der Waals surface area contributed by atoms with E-state index in [0.717, 1.165) is 33.7 Å². The van der Waals surface area contributed by atoms with E-state index in [-0.39, 0.29) is 70.7 Å². The molecule has 7 atom stereocenters.